The maximum atomic E-state index is 6.12. The number of thiazole rings is 1. The third kappa shape index (κ3) is 3.16. The molecule has 0 unspecified atom stereocenters. The molecule has 0 saturated carbocycles. The molecule has 2 aromatic rings. The number of aromatic nitrogens is 1. The summed E-state index contributed by atoms with van der Waals surface area (Å²) in [5.41, 5.74) is 2.07. The summed E-state index contributed by atoms with van der Waals surface area (Å²) in [6.07, 6.45) is 0. The SMILES string of the molecule is COc1nc(N(C)C)sc1CNc1cccc(Cl)c1C. The van der Waals surface area contributed by atoms with E-state index in [2.05, 4.69) is 10.3 Å². The van der Waals surface area contributed by atoms with Gasteiger partial charge in [0.15, 0.2) is 5.13 Å². The van der Waals surface area contributed by atoms with Crippen LogP contribution in [-0.2, 0) is 6.54 Å². The molecule has 1 aromatic carbocycles. The van der Waals surface area contributed by atoms with E-state index in [0.717, 1.165) is 26.3 Å². The minimum absolute atomic E-state index is 0.663. The Bertz CT molecular complexity index is 598. The van der Waals surface area contributed by atoms with Gasteiger partial charge in [0, 0.05) is 24.8 Å². The maximum Gasteiger partial charge on any atom is 0.231 e. The predicted octanol–water partition coefficient (Wildman–Crippen LogP) is 3.79. The zero-order valence-corrected chi connectivity index (χ0v) is 13.6. The fourth-order valence-electron chi connectivity index (χ4n) is 1.76. The zero-order chi connectivity index (χ0) is 14.7. The molecule has 0 aliphatic heterocycles. The maximum absolute atomic E-state index is 6.12. The highest BCUT2D eigenvalue weighted by Crippen LogP contribution is 2.31. The molecule has 2 rings (SSSR count). The van der Waals surface area contributed by atoms with Crippen molar-refractivity contribution in [3.63, 3.8) is 0 Å². The molecule has 108 valence electrons. The van der Waals surface area contributed by atoms with Crippen molar-refractivity contribution < 1.29 is 4.74 Å². The minimum Gasteiger partial charge on any atom is -0.480 e. The van der Waals surface area contributed by atoms with Crippen LogP contribution in [0.15, 0.2) is 18.2 Å². The van der Waals surface area contributed by atoms with E-state index in [0.29, 0.717) is 12.4 Å². The summed E-state index contributed by atoms with van der Waals surface area (Å²) < 4.78 is 5.33. The lowest BCUT2D eigenvalue weighted by Gasteiger charge is -2.10. The van der Waals surface area contributed by atoms with E-state index in [-0.39, 0.29) is 0 Å². The number of benzene rings is 1. The van der Waals surface area contributed by atoms with Crippen LogP contribution in [0.25, 0.3) is 0 Å². The molecule has 0 aliphatic carbocycles. The van der Waals surface area contributed by atoms with Gasteiger partial charge in [0.05, 0.1) is 18.5 Å². The first-order chi connectivity index (χ1) is 9.52. The minimum atomic E-state index is 0.663. The van der Waals surface area contributed by atoms with E-state index in [4.69, 9.17) is 16.3 Å². The lowest BCUT2D eigenvalue weighted by Crippen LogP contribution is -2.07. The second kappa shape index (κ2) is 6.33. The van der Waals surface area contributed by atoms with Crippen molar-refractivity contribution >= 4 is 33.8 Å². The highest BCUT2D eigenvalue weighted by atomic mass is 35.5. The average molecular weight is 312 g/mol. The lowest BCUT2D eigenvalue weighted by molar-refractivity contribution is 0.397. The fourth-order valence-corrected chi connectivity index (χ4v) is 2.83. The van der Waals surface area contributed by atoms with Gasteiger partial charge in [-0.2, -0.15) is 4.98 Å². The van der Waals surface area contributed by atoms with E-state index in [1.807, 2.05) is 44.1 Å². The number of hydrogen-bond donors (Lipinski definition) is 1. The summed E-state index contributed by atoms with van der Waals surface area (Å²) in [7, 11) is 5.58. The van der Waals surface area contributed by atoms with Gasteiger partial charge in [-0.3, -0.25) is 0 Å². The van der Waals surface area contributed by atoms with Crippen LogP contribution >= 0.6 is 22.9 Å². The first-order valence-corrected chi connectivity index (χ1v) is 7.42. The van der Waals surface area contributed by atoms with Crippen LogP contribution in [0.1, 0.15) is 10.4 Å². The number of rotatable bonds is 5. The van der Waals surface area contributed by atoms with E-state index in [1.165, 1.54) is 0 Å². The Hall–Kier alpha value is -1.46. The standard InChI is InChI=1S/C14H18ClN3OS/c1-9-10(15)6-5-7-11(9)16-8-12-13(19-4)17-14(20-12)18(2)3/h5-7,16H,8H2,1-4H3. The van der Waals surface area contributed by atoms with Crippen LogP contribution in [0.4, 0.5) is 10.8 Å². The Balaban J connectivity index is 2.16. The molecule has 0 atom stereocenters. The Morgan fingerprint density at radius 1 is 1.40 bits per heavy atom. The quantitative estimate of drug-likeness (QED) is 0.911. The van der Waals surface area contributed by atoms with Gasteiger partial charge in [-0.25, -0.2) is 0 Å². The first kappa shape index (κ1) is 14.9. The summed E-state index contributed by atoms with van der Waals surface area (Å²) in [5, 5.41) is 5.08. The van der Waals surface area contributed by atoms with Gasteiger partial charge >= 0.3 is 0 Å². The highest BCUT2D eigenvalue weighted by Gasteiger charge is 2.13. The normalized spacial score (nSPS) is 10.4. The fraction of sp³-hybridized carbons (Fsp3) is 0.357. The molecule has 1 heterocycles. The molecule has 4 nitrogen and oxygen atoms in total. The van der Waals surface area contributed by atoms with Crippen molar-refractivity contribution in [2.24, 2.45) is 0 Å². The van der Waals surface area contributed by atoms with Crippen LogP contribution in [0.2, 0.25) is 5.02 Å². The monoisotopic (exact) mass is 311 g/mol. The first-order valence-electron chi connectivity index (χ1n) is 6.23. The third-order valence-electron chi connectivity index (χ3n) is 2.93. The van der Waals surface area contributed by atoms with Crippen LogP contribution in [0.5, 0.6) is 5.88 Å². The van der Waals surface area contributed by atoms with Gasteiger partial charge in [0.2, 0.25) is 5.88 Å². The third-order valence-corrected chi connectivity index (χ3v) is 4.55. The molecule has 0 saturated heterocycles. The van der Waals surface area contributed by atoms with Gasteiger partial charge in [-0.05, 0) is 24.6 Å². The van der Waals surface area contributed by atoms with Gasteiger partial charge in [-0.1, -0.05) is 29.0 Å². The summed E-state index contributed by atoms with van der Waals surface area (Å²) >= 11 is 7.73. The smallest absolute Gasteiger partial charge is 0.231 e. The van der Waals surface area contributed by atoms with Crippen molar-refractivity contribution in [1.82, 2.24) is 4.98 Å². The van der Waals surface area contributed by atoms with Crippen molar-refractivity contribution in [2.45, 2.75) is 13.5 Å². The Labute approximate surface area is 128 Å². The van der Waals surface area contributed by atoms with E-state index < -0.39 is 0 Å². The second-order valence-corrected chi connectivity index (χ2v) is 6.06. The number of ether oxygens (including phenoxy) is 1. The molecule has 1 N–H and O–H groups in total. The Morgan fingerprint density at radius 3 is 2.80 bits per heavy atom. The van der Waals surface area contributed by atoms with Gasteiger partial charge < -0.3 is 15.0 Å². The average Bonchev–Trinajstić information content (AvgIpc) is 2.84. The molecular formula is C14H18ClN3OS. The van der Waals surface area contributed by atoms with E-state index in [1.54, 1.807) is 18.4 Å². The van der Waals surface area contributed by atoms with Crippen LogP contribution in [0, 0.1) is 6.92 Å². The van der Waals surface area contributed by atoms with Gasteiger partial charge in [0.25, 0.3) is 0 Å². The Kier molecular flexibility index (Phi) is 4.73. The summed E-state index contributed by atoms with van der Waals surface area (Å²) in [6.45, 7) is 2.66. The predicted molar refractivity (Wildman–Crippen MR) is 86.5 cm³/mol. The molecular weight excluding hydrogens is 294 g/mol. The second-order valence-electron chi connectivity index (χ2n) is 4.59. The van der Waals surface area contributed by atoms with Crippen molar-refractivity contribution in [1.29, 1.82) is 0 Å². The summed E-state index contributed by atoms with van der Waals surface area (Å²) in [5.74, 6) is 0.672. The molecule has 0 bridgehead atoms. The van der Waals surface area contributed by atoms with Gasteiger partial charge in [-0.15, -0.1) is 0 Å². The largest absolute Gasteiger partial charge is 0.480 e. The molecule has 0 spiro atoms. The number of hydrogen-bond acceptors (Lipinski definition) is 5. The van der Waals surface area contributed by atoms with E-state index in [9.17, 15) is 0 Å². The summed E-state index contributed by atoms with van der Waals surface area (Å²) in [6, 6.07) is 5.84. The molecule has 1 aromatic heterocycles. The van der Waals surface area contributed by atoms with Crippen molar-refractivity contribution in [3.8, 4) is 5.88 Å². The summed E-state index contributed by atoms with van der Waals surface area (Å²) in [4.78, 5) is 7.48. The van der Waals surface area contributed by atoms with Gasteiger partial charge in [0.1, 0.15) is 0 Å². The van der Waals surface area contributed by atoms with Crippen LogP contribution in [0.3, 0.4) is 0 Å². The topological polar surface area (TPSA) is 37.4 Å². The molecule has 0 radical (unpaired) electrons. The highest BCUT2D eigenvalue weighted by molar-refractivity contribution is 7.15. The van der Waals surface area contributed by atoms with Crippen LogP contribution < -0.4 is 15.0 Å². The number of nitrogens with zero attached hydrogens (tertiary/aromatic N) is 2. The Morgan fingerprint density at radius 2 is 2.15 bits per heavy atom. The molecule has 0 aliphatic rings. The molecule has 0 amide bonds. The van der Waals surface area contributed by atoms with Crippen molar-refractivity contribution in [3.05, 3.63) is 33.7 Å². The molecule has 6 heteroatoms. The number of methoxy groups -OCH3 is 1. The van der Waals surface area contributed by atoms with Crippen LogP contribution in [-0.4, -0.2) is 26.2 Å². The zero-order valence-electron chi connectivity index (χ0n) is 12.0. The van der Waals surface area contributed by atoms with E-state index >= 15 is 0 Å². The molecule has 20 heavy (non-hydrogen) atoms. The molecule has 0 fully saturated rings. The lowest BCUT2D eigenvalue weighted by atomic mass is 10.2. The number of nitrogens with one attached hydrogen (secondary N) is 1. The van der Waals surface area contributed by atoms with Crippen molar-refractivity contribution in [2.75, 3.05) is 31.4 Å². The number of anilines is 2. The number of halogens is 1.